The Kier molecular flexibility index (Phi) is 2.90. The molecule has 5 nitrogen and oxygen atoms in total. The number of hydrogen-bond donors (Lipinski definition) is 1. The number of rotatable bonds is 2. The van der Waals surface area contributed by atoms with E-state index >= 15 is 0 Å². The van der Waals surface area contributed by atoms with Gasteiger partial charge in [0.2, 0.25) is 0 Å². The molecule has 0 bridgehead atoms. The summed E-state index contributed by atoms with van der Waals surface area (Å²) in [5, 5.41) is 26.4. The first kappa shape index (κ1) is 11.9. The molecule has 0 aliphatic carbocycles. The minimum atomic E-state index is 0.177. The maximum atomic E-state index is 9.34. The Bertz CT molecular complexity index is 770. The van der Waals surface area contributed by atoms with Gasteiger partial charge in [-0.05, 0) is 24.3 Å². The molecule has 0 atom stereocenters. The number of benzene rings is 2. The van der Waals surface area contributed by atoms with Crippen LogP contribution in [0.5, 0.6) is 5.75 Å². The Labute approximate surface area is 115 Å². The third-order valence-corrected chi connectivity index (χ3v) is 2.92. The van der Waals surface area contributed by atoms with Gasteiger partial charge in [-0.3, -0.25) is 0 Å². The lowest BCUT2D eigenvalue weighted by atomic mass is 10.1. The molecule has 0 aliphatic rings. The van der Waals surface area contributed by atoms with Crippen molar-refractivity contribution in [3.05, 3.63) is 60.3 Å². The Morgan fingerprint density at radius 3 is 2.35 bits per heavy atom. The van der Waals surface area contributed by atoms with Crippen LogP contribution in [0.2, 0.25) is 0 Å². The van der Waals surface area contributed by atoms with Crippen LogP contribution in [0.4, 0.5) is 0 Å². The van der Waals surface area contributed by atoms with Gasteiger partial charge in [0.1, 0.15) is 17.5 Å². The third kappa shape index (κ3) is 1.99. The van der Waals surface area contributed by atoms with Gasteiger partial charge in [0.15, 0.2) is 5.69 Å². The fourth-order valence-electron chi connectivity index (χ4n) is 1.99. The first-order chi connectivity index (χ1) is 9.79. The Morgan fingerprint density at radius 2 is 1.70 bits per heavy atom. The second-order valence-corrected chi connectivity index (χ2v) is 4.19. The monoisotopic (exact) mass is 262 g/mol. The minimum Gasteiger partial charge on any atom is -0.508 e. The second kappa shape index (κ2) is 4.86. The summed E-state index contributed by atoms with van der Waals surface area (Å²) >= 11 is 0. The van der Waals surface area contributed by atoms with Crippen LogP contribution in [0.1, 0.15) is 5.69 Å². The zero-order chi connectivity index (χ0) is 13.9. The van der Waals surface area contributed by atoms with E-state index in [1.165, 1.54) is 0 Å². The van der Waals surface area contributed by atoms with Crippen molar-refractivity contribution < 1.29 is 5.11 Å². The standard InChI is InChI=1S/C15H10N4O/c16-10-14-15(11-4-2-1-3-5-11)19(18-17-14)12-6-8-13(20)9-7-12/h1-9,20H. The van der Waals surface area contributed by atoms with Crippen molar-refractivity contribution in [3.63, 3.8) is 0 Å². The van der Waals surface area contributed by atoms with E-state index in [9.17, 15) is 10.4 Å². The molecule has 0 radical (unpaired) electrons. The molecule has 0 aliphatic heterocycles. The quantitative estimate of drug-likeness (QED) is 0.770. The van der Waals surface area contributed by atoms with Crippen molar-refractivity contribution in [1.29, 1.82) is 5.26 Å². The van der Waals surface area contributed by atoms with Gasteiger partial charge >= 0.3 is 0 Å². The number of nitriles is 1. The molecule has 0 saturated heterocycles. The molecule has 1 aromatic heterocycles. The predicted molar refractivity (Wildman–Crippen MR) is 73.2 cm³/mol. The lowest BCUT2D eigenvalue weighted by Crippen LogP contribution is -1.99. The van der Waals surface area contributed by atoms with Crippen molar-refractivity contribution >= 4 is 0 Å². The molecule has 20 heavy (non-hydrogen) atoms. The smallest absolute Gasteiger partial charge is 0.191 e. The molecule has 5 heteroatoms. The van der Waals surface area contributed by atoms with Gasteiger partial charge in [0.25, 0.3) is 0 Å². The number of hydrogen-bond acceptors (Lipinski definition) is 4. The van der Waals surface area contributed by atoms with E-state index in [4.69, 9.17) is 0 Å². The fraction of sp³-hybridized carbons (Fsp3) is 0. The lowest BCUT2D eigenvalue weighted by Gasteiger charge is -2.06. The van der Waals surface area contributed by atoms with Crippen LogP contribution in [-0.4, -0.2) is 20.1 Å². The first-order valence-electron chi connectivity index (χ1n) is 6.00. The fourth-order valence-corrected chi connectivity index (χ4v) is 1.99. The van der Waals surface area contributed by atoms with Gasteiger partial charge in [-0.2, -0.15) is 5.26 Å². The zero-order valence-corrected chi connectivity index (χ0v) is 10.4. The molecule has 0 saturated carbocycles. The van der Waals surface area contributed by atoms with E-state index in [1.807, 2.05) is 30.3 Å². The van der Waals surface area contributed by atoms with Crippen LogP contribution in [0.3, 0.4) is 0 Å². The molecule has 1 N–H and O–H groups in total. The molecule has 2 aromatic carbocycles. The molecular formula is C15H10N4O. The van der Waals surface area contributed by atoms with E-state index in [0.717, 1.165) is 11.3 Å². The van der Waals surface area contributed by atoms with Gasteiger partial charge in [-0.25, -0.2) is 4.68 Å². The van der Waals surface area contributed by atoms with Crippen LogP contribution in [0.25, 0.3) is 16.9 Å². The van der Waals surface area contributed by atoms with Crippen LogP contribution in [-0.2, 0) is 0 Å². The number of aromatic hydroxyl groups is 1. The predicted octanol–water partition coefficient (Wildman–Crippen LogP) is 2.51. The average Bonchev–Trinajstić information content (AvgIpc) is 2.93. The maximum Gasteiger partial charge on any atom is 0.191 e. The summed E-state index contributed by atoms with van der Waals surface area (Å²) in [5.41, 5.74) is 2.50. The third-order valence-electron chi connectivity index (χ3n) is 2.92. The van der Waals surface area contributed by atoms with Crippen LogP contribution < -0.4 is 0 Å². The molecular weight excluding hydrogens is 252 g/mol. The number of aromatic nitrogens is 3. The maximum absolute atomic E-state index is 9.34. The SMILES string of the molecule is N#Cc1nnn(-c2ccc(O)cc2)c1-c1ccccc1. The van der Waals surface area contributed by atoms with Crippen molar-refractivity contribution in [2.24, 2.45) is 0 Å². The lowest BCUT2D eigenvalue weighted by molar-refractivity contribution is 0.475. The highest BCUT2D eigenvalue weighted by molar-refractivity contribution is 5.66. The molecule has 3 aromatic rings. The van der Waals surface area contributed by atoms with Gasteiger partial charge in [0, 0.05) is 5.56 Å². The van der Waals surface area contributed by atoms with Crippen molar-refractivity contribution in [1.82, 2.24) is 15.0 Å². The van der Waals surface area contributed by atoms with Crippen LogP contribution in [0.15, 0.2) is 54.6 Å². The average molecular weight is 262 g/mol. The van der Waals surface area contributed by atoms with E-state index in [1.54, 1.807) is 28.9 Å². The topological polar surface area (TPSA) is 74.7 Å². The van der Waals surface area contributed by atoms with E-state index < -0.39 is 0 Å². The van der Waals surface area contributed by atoms with Crippen molar-refractivity contribution in [3.8, 4) is 28.8 Å². The number of phenolic OH excluding ortho intramolecular Hbond substituents is 1. The van der Waals surface area contributed by atoms with Crippen molar-refractivity contribution in [2.75, 3.05) is 0 Å². The highest BCUT2D eigenvalue weighted by atomic mass is 16.3. The van der Waals surface area contributed by atoms with Gasteiger partial charge in [0.05, 0.1) is 5.69 Å². The molecule has 0 amide bonds. The molecule has 1 heterocycles. The van der Waals surface area contributed by atoms with E-state index in [-0.39, 0.29) is 11.4 Å². The van der Waals surface area contributed by atoms with E-state index in [0.29, 0.717) is 5.69 Å². The summed E-state index contributed by atoms with van der Waals surface area (Å²) in [6.07, 6.45) is 0. The second-order valence-electron chi connectivity index (χ2n) is 4.19. The minimum absolute atomic E-state index is 0.177. The van der Waals surface area contributed by atoms with E-state index in [2.05, 4.69) is 16.4 Å². The number of nitrogens with zero attached hydrogens (tertiary/aromatic N) is 4. The summed E-state index contributed by atoms with van der Waals surface area (Å²) in [5.74, 6) is 0.177. The first-order valence-corrected chi connectivity index (χ1v) is 6.00. The van der Waals surface area contributed by atoms with Crippen LogP contribution in [0, 0.1) is 11.3 Å². The summed E-state index contributed by atoms with van der Waals surface area (Å²) < 4.78 is 1.59. The highest BCUT2D eigenvalue weighted by Crippen LogP contribution is 2.25. The largest absolute Gasteiger partial charge is 0.508 e. The Balaban J connectivity index is 2.21. The summed E-state index contributed by atoms with van der Waals surface area (Å²) in [6.45, 7) is 0. The summed E-state index contributed by atoms with van der Waals surface area (Å²) in [4.78, 5) is 0. The van der Waals surface area contributed by atoms with Gasteiger partial charge in [-0.15, -0.1) is 5.10 Å². The molecule has 96 valence electrons. The molecule has 3 rings (SSSR count). The Hall–Kier alpha value is -3.13. The zero-order valence-electron chi connectivity index (χ0n) is 10.4. The van der Waals surface area contributed by atoms with Gasteiger partial charge < -0.3 is 5.11 Å². The molecule has 0 unspecified atom stereocenters. The summed E-state index contributed by atoms with van der Waals surface area (Å²) in [6, 6.07) is 18.1. The molecule has 0 fully saturated rings. The highest BCUT2D eigenvalue weighted by Gasteiger charge is 2.15. The summed E-state index contributed by atoms with van der Waals surface area (Å²) in [7, 11) is 0. The normalized spacial score (nSPS) is 10.2. The van der Waals surface area contributed by atoms with Crippen molar-refractivity contribution in [2.45, 2.75) is 0 Å². The number of phenols is 1. The van der Waals surface area contributed by atoms with Gasteiger partial charge in [-0.1, -0.05) is 35.5 Å². The Morgan fingerprint density at radius 1 is 1.00 bits per heavy atom. The van der Waals surface area contributed by atoms with Crippen LogP contribution >= 0.6 is 0 Å². The molecule has 0 spiro atoms.